The fourth-order valence-electron chi connectivity index (χ4n) is 6.25. The minimum atomic E-state index is -0.247. The highest BCUT2D eigenvalue weighted by Gasteiger charge is 2.18. The van der Waals surface area contributed by atoms with Gasteiger partial charge in [-0.2, -0.15) is 0 Å². The molecule has 0 saturated carbocycles. The number of aromatic nitrogens is 1. The SMILES string of the molecule is CC(C)(C)c1ccc(-c2ccc3ccc4c(-c5nc6cc(-c7ccc(F)cc7)ccc6o5)ccc5ccc2c3c54)cc1. The van der Waals surface area contributed by atoms with E-state index in [9.17, 15) is 4.39 Å². The highest BCUT2D eigenvalue weighted by molar-refractivity contribution is 6.27. The third kappa shape index (κ3) is 3.88. The molecule has 0 aliphatic carbocycles. The second-order valence-electron chi connectivity index (χ2n) is 12.2. The molecule has 7 aromatic carbocycles. The highest BCUT2D eigenvalue weighted by atomic mass is 19.1. The van der Waals surface area contributed by atoms with Crippen molar-refractivity contribution in [3.05, 3.63) is 127 Å². The number of nitrogens with zero attached hydrogens (tertiary/aromatic N) is 1. The molecule has 202 valence electrons. The monoisotopic (exact) mass is 545 g/mol. The van der Waals surface area contributed by atoms with Crippen LogP contribution < -0.4 is 0 Å². The van der Waals surface area contributed by atoms with Crippen LogP contribution in [-0.4, -0.2) is 4.98 Å². The minimum Gasteiger partial charge on any atom is -0.436 e. The topological polar surface area (TPSA) is 26.0 Å². The van der Waals surface area contributed by atoms with Crippen molar-refractivity contribution in [1.29, 1.82) is 0 Å². The summed E-state index contributed by atoms with van der Waals surface area (Å²) in [5, 5.41) is 7.27. The first-order chi connectivity index (χ1) is 20.3. The van der Waals surface area contributed by atoms with Gasteiger partial charge in [0, 0.05) is 5.56 Å². The summed E-state index contributed by atoms with van der Waals surface area (Å²) in [6.07, 6.45) is 0. The molecule has 0 radical (unpaired) electrons. The summed E-state index contributed by atoms with van der Waals surface area (Å²) < 4.78 is 19.8. The molecule has 8 aromatic rings. The average Bonchev–Trinajstić information content (AvgIpc) is 3.43. The summed E-state index contributed by atoms with van der Waals surface area (Å²) in [5.74, 6) is 0.348. The van der Waals surface area contributed by atoms with Gasteiger partial charge in [0.05, 0.1) is 0 Å². The van der Waals surface area contributed by atoms with Crippen molar-refractivity contribution in [1.82, 2.24) is 4.98 Å². The van der Waals surface area contributed by atoms with Crippen molar-refractivity contribution >= 4 is 43.4 Å². The van der Waals surface area contributed by atoms with Gasteiger partial charge in [-0.3, -0.25) is 0 Å². The van der Waals surface area contributed by atoms with Gasteiger partial charge in [0.2, 0.25) is 5.89 Å². The lowest BCUT2D eigenvalue weighted by atomic mass is 9.85. The Labute approximate surface area is 243 Å². The normalized spacial score (nSPS) is 12.3. The third-order valence-electron chi connectivity index (χ3n) is 8.52. The van der Waals surface area contributed by atoms with Crippen LogP contribution in [-0.2, 0) is 5.41 Å². The van der Waals surface area contributed by atoms with Crippen LogP contribution in [0.4, 0.5) is 4.39 Å². The van der Waals surface area contributed by atoms with Gasteiger partial charge in [-0.15, -0.1) is 0 Å². The van der Waals surface area contributed by atoms with Crippen LogP contribution in [0.3, 0.4) is 0 Å². The molecule has 0 unspecified atom stereocenters. The van der Waals surface area contributed by atoms with Gasteiger partial charge >= 0.3 is 0 Å². The van der Waals surface area contributed by atoms with Gasteiger partial charge in [-0.1, -0.05) is 106 Å². The van der Waals surface area contributed by atoms with E-state index in [1.54, 1.807) is 12.1 Å². The van der Waals surface area contributed by atoms with E-state index in [-0.39, 0.29) is 11.2 Å². The molecule has 8 rings (SSSR count). The highest BCUT2D eigenvalue weighted by Crippen LogP contribution is 2.43. The number of oxazole rings is 1. The van der Waals surface area contributed by atoms with Crippen molar-refractivity contribution < 1.29 is 8.81 Å². The maximum Gasteiger partial charge on any atom is 0.227 e. The second kappa shape index (κ2) is 8.99. The number of hydrogen-bond donors (Lipinski definition) is 0. The molecule has 0 saturated heterocycles. The standard InChI is InChI=1S/C39H28FNO/c1-39(2,3)28-13-4-24(5-14-28)30-17-8-25-10-19-32-33(20-11-26-9-18-31(30)36(25)37(26)32)38-41-34-22-27(12-21-35(34)42-38)23-6-15-29(40)16-7-23/h4-22H,1-3H3. The van der Waals surface area contributed by atoms with E-state index in [0.29, 0.717) is 5.89 Å². The predicted molar refractivity (Wildman–Crippen MR) is 173 cm³/mol. The van der Waals surface area contributed by atoms with Crippen LogP contribution in [0.1, 0.15) is 26.3 Å². The summed E-state index contributed by atoms with van der Waals surface area (Å²) in [6, 6.07) is 39.1. The van der Waals surface area contributed by atoms with Crippen molar-refractivity contribution in [2.75, 3.05) is 0 Å². The number of hydrogen-bond acceptors (Lipinski definition) is 2. The lowest BCUT2D eigenvalue weighted by Gasteiger charge is -2.20. The summed E-state index contributed by atoms with van der Waals surface area (Å²) in [6.45, 7) is 6.74. The number of fused-ring (bicyclic) bond motifs is 1. The Bertz CT molecular complexity index is 2270. The maximum atomic E-state index is 13.5. The van der Waals surface area contributed by atoms with Crippen LogP contribution in [0.15, 0.2) is 120 Å². The van der Waals surface area contributed by atoms with E-state index in [1.165, 1.54) is 55.8 Å². The zero-order chi connectivity index (χ0) is 28.6. The Morgan fingerprint density at radius 2 is 1.14 bits per heavy atom. The fourth-order valence-corrected chi connectivity index (χ4v) is 6.25. The molecule has 0 aliphatic rings. The third-order valence-corrected chi connectivity index (χ3v) is 8.52. The number of rotatable bonds is 3. The Hall–Kier alpha value is -5.02. The van der Waals surface area contributed by atoms with E-state index < -0.39 is 0 Å². The summed E-state index contributed by atoms with van der Waals surface area (Å²) in [7, 11) is 0. The summed E-state index contributed by atoms with van der Waals surface area (Å²) in [5.41, 5.74) is 8.28. The van der Waals surface area contributed by atoms with Crippen molar-refractivity contribution in [3.8, 4) is 33.7 Å². The van der Waals surface area contributed by atoms with Crippen molar-refractivity contribution in [2.24, 2.45) is 0 Å². The molecule has 0 aliphatic heterocycles. The number of benzene rings is 7. The van der Waals surface area contributed by atoms with Crippen molar-refractivity contribution in [3.63, 3.8) is 0 Å². The van der Waals surface area contributed by atoms with Crippen molar-refractivity contribution in [2.45, 2.75) is 26.2 Å². The molecule has 0 bridgehead atoms. The lowest BCUT2D eigenvalue weighted by molar-refractivity contribution is 0.590. The lowest BCUT2D eigenvalue weighted by Crippen LogP contribution is -2.10. The van der Waals surface area contributed by atoms with Crippen LogP contribution in [0.25, 0.3) is 77.1 Å². The Balaban J connectivity index is 1.29. The average molecular weight is 546 g/mol. The van der Waals surface area contributed by atoms with E-state index in [2.05, 4.69) is 93.6 Å². The minimum absolute atomic E-state index is 0.116. The molecule has 0 spiro atoms. The smallest absolute Gasteiger partial charge is 0.227 e. The Kier molecular flexibility index (Phi) is 5.30. The van der Waals surface area contributed by atoms with Gasteiger partial charge in [0.1, 0.15) is 11.3 Å². The first-order valence-corrected chi connectivity index (χ1v) is 14.3. The number of halogens is 1. The summed E-state index contributed by atoms with van der Waals surface area (Å²) >= 11 is 0. The van der Waals surface area contributed by atoms with Gasteiger partial charge in [0.15, 0.2) is 5.58 Å². The summed E-state index contributed by atoms with van der Waals surface area (Å²) in [4.78, 5) is 4.92. The van der Waals surface area contributed by atoms with Gasteiger partial charge in [0.25, 0.3) is 0 Å². The molecule has 0 amide bonds. The van der Waals surface area contributed by atoms with Crippen LogP contribution in [0.5, 0.6) is 0 Å². The van der Waals surface area contributed by atoms with E-state index in [0.717, 1.165) is 33.2 Å². The van der Waals surface area contributed by atoms with Gasteiger partial charge < -0.3 is 4.42 Å². The molecule has 0 N–H and O–H groups in total. The predicted octanol–water partition coefficient (Wildman–Crippen LogP) is 11.2. The largest absolute Gasteiger partial charge is 0.436 e. The van der Waals surface area contributed by atoms with E-state index in [4.69, 9.17) is 9.40 Å². The van der Waals surface area contributed by atoms with Crippen LogP contribution in [0, 0.1) is 5.82 Å². The van der Waals surface area contributed by atoms with Gasteiger partial charge in [-0.05, 0) is 95.9 Å². The Morgan fingerprint density at radius 1 is 0.571 bits per heavy atom. The maximum absolute atomic E-state index is 13.5. The molecular weight excluding hydrogens is 517 g/mol. The quantitative estimate of drug-likeness (QED) is 0.206. The zero-order valence-electron chi connectivity index (χ0n) is 23.7. The molecule has 1 heterocycles. The molecule has 3 heteroatoms. The first kappa shape index (κ1) is 24.8. The molecule has 0 atom stereocenters. The Morgan fingerprint density at radius 3 is 1.81 bits per heavy atom. The molecular formula is C39H28FNO. The molecule has 2 nitrogen and oxygen atoms in total. The van der Waals surface area contributed by atoms with E-state index >= 15 is 0 Å². The molecule has 1 aromatic heterocycles. The second-order valence-corrected chi connectivity index (χ2v) is 12.2. The van der Waals surface area contributed by atoms with Crippen LogP contribution in [0.2, 0.25) is 0 Å². The first-order valence-electron chi connectivity index (χ1n) is 14.3. The van der Waals surface area contributed by atoms with Crippen LogP contribution >= 0.6 is 0 Å². The fraction of sp³-hybridized carbons (Fsp3) is 0.103. The molecule has 0 fully saturated rings. The van der Waals surface area contributed by atoms with Gasteiger partial charge in [-0.25, -0.2) is 9.37 Å². The van der Waals surface area contributed by atoms with E-state index in [1.807, 2.05) is 18.2 Å². The molecule has 42 heavy (non-hydrogen) atoms. The zero-order valence-corrected chi connectivity index (χ0v) is 23.7.